The fourth-order valence-electron chi connectivity index (χ4n) is 3.63. The predicted octanol–water partition coefficient (Wildman–Crippen LogP) is 5.21. The van der Waals surface area contributed by atoms with Gasteiger partial charge >= 0.3 is 0 Å². The van der Waals surface area contributed by atoms with E-state index in [1.54, 1.807) is 22.6 Å². The van der Waals surface area contributed by atoms with Crippen LogP contribution < -0.4 is 0 Å². The molecule has 0 spiro atoms. The largest absolute Gasteiger partial charge is 0.467 e. The van der Waals surface area contributed by atoms with Gasteiger partial charge < -0.3 is 8.98 Å². The Labute approximate surface area is 188 Å². The van der Waals surface area contributed by atoms with Gasteiger partial charge in [-0.05, 0) is 29.1 Å². The van der Waals surface area contributed by atoms with Crippen molar-refractivity contribution in [3.8, 4) is 11.3 Å². The van der Waals surface area contributed by atoms with E-state index in [0.29, 0.717) is 6.42 Å². The van der Waals surface area contributed by atoms with Gasteiger partial charge in [0, 0.05) is 13.5 Å². The molecule has 5 rings (SSSR count). The molecule has 1 amide bonds. The molecule has 156 valence electrons. The molecule has 0 N–H and O–H groups in total. The van der Waals surface area contributed by atoms with E-state index >= 15 is 0 Å². The molecule has 0 saturated carbocycles. The van der Waals surface area contributed by atoms with E-state index in [0.717, 1.165) is 32.8 Å². The van der Waals surface area contributed by atoms with Gasteiger partial charge in [0.15, 0.2) is 5.16 Å². The number of hydrogen-bond donors (Lipinski definition) is 0. The number of furan rings is 1. The van der Waals surface area contributed by atoms with Crippen LogP contribution in [0.4, 0.5) is 0 Å². The van der Waals surface area contributed by atoms with E-state index < -0.39 is 0 Å². The highest BCUT2D eigenvalue weighted by Crippen LogP contribution is 2.35. The number of carbonyl (C=O) groups is 1. The van der Waals surface area contributed by atoms with Crippen molar-refractivity contribution < 1.29 is 9.21 Å². The zero-order valence-electron chi connectivity index (χ0n) is 16.8. The molecule has 1 aromatic carbocycles. The van der Waals surface area contributed by atoms with E-state index in [9.17, 15) is 4.79 Å². The Bertz CT molecular complexity index is 1200. The summed E-state index contributed by atoms with van der Waals surface area (Å²) in [4.78, 5) is 18.7. The Kier molecular flexibility index (Phi) is 5.48. The first-order valence-corrected chi connectivity index (χ1v) is 11.7. The summed E-state index contributed by atoms with van der Waals surface area (Å²) in [7, 11) is 1.97. The Morgan fingerprint density at radius 2 is 2.06 bits per heavy atom. The molecule has 1 unspecified atom stereocenters. The SMILES string of the molecule is Cn1c(-c2ccccc2)cnc1SCC(=O)N1N=C(c2cccs2)CC1c1ccco1. The van der Waals surface area contributed by atoms with E-state index in [1.165, 1.54) is 11.8 Å². The fourth-order valence-corrected chi connectivity index (χ4v) is 5.16. The van der Waals surface area contributed by atoms with Gasteiger partial charge in [0.1, 0.15) is 11.8 Å². The monoisotopic (exact) mass is 448 g/mol. The molecular formula is C23H20N4O2S2. The standard InChI is InChI=1S/C23H20N4O2S2/c1-26-19(16-7-3-2-4-8-16)14-24-23(26)31-15-22(28)27-18(20-9-5-11-29-20)13-17(25-27)21-10-6-12-30-21/h2-12,14,18H,13,15H2,1H3. The lowest BCUT2D eigenvalue weighted by Gasteiger charge is -2.19. The van der Waals surface area contributed by atoms with Crippen LogP contribution in [0.2, 0.25) is 0 Å². The van der Waals surface area contributed by atoms with Gasteiger partial charge in [-0.15, -0.1) is 11.3 Å². The third kappa shape index (κ3) is 3.96. The molecule has 0 bridgehead atoms. The van der Waals surface area contributed by atoms with Crippen molar-refractivity contribution in [2.75, 3.05) is 5.75 Å². The number of imidazole rings is 1. The molecule has 0 saturated heterocycles. The molecule has 4 aromatic rings. The number of thioether (sulfide) groups is 1. The third-order valence-electron chi connectivity index (χ3n) is 5.18. The van der Waals surface area contributed by atoms with Gasteiger partial charge in [0.25, 0.3) is 5.91 Å². The average Bonchev–Trinajstić information content (AvgIpc) is 3.59. The molecular weight excluding hydrogens is 428 g/mol. The highest BCUT2D eigenvalue weighted by atomic mass is 32.2. The minimum Gasteiger partial charge on any atom is -0.467 e. The number of thiophene rings is 1. The highest BCUT2D eigenvalue weighted by molar-refractivity contribution is 7.99. The summed E-state index contributed by atoms with van der Waals surface area (Å²) < 4.78 is 7.63. The van der Waals surface area contributed by atoms with Crippen LogP contribution in [0.1, 0.15) is 23.1 Å². The maximum atomic E-state index is 13.2. The summed E-state index contributed by atoms with van der Waals surface area (Å²) in [6.45, 7) is 0. The van der Waals surface area contributed by atoms with Crippen molar-refractivity contribution in [3.63, 3.8) is 0 Å². The van der Waals surface area contributed by atoms with Crippen molar-refractivity contribution in [1.29, 1.82) is 0 Å². The maximum Gasteiger partial charge on any atom is 0.253 e. The normalized spacial score (nSPS) is 16.0. The molecule has 0 fully saturated rings. The van der Waals surface area contributed by atoms with Crippen LogP contribution in [-0.2, 0) is 11.8 Å². The molecule has 8 heteroatoms. The molecule has 0 aliphatic carbocycles. The summed E-state index contributed by atoms with van der Waals surface area (Å²) in [6, 6.07) is 17.6. The summed E-state index contributed by atoms with van der Waals surface area (Å²) in [6.07, 6.45) is 4.12. The Balaban J connectivity index is 1.34. The number of amides is 1. The van der Waals surface area contributed by atoms with Gasteiger partial charge in [0.2, 0.25) is 0 Å². The lowest BCUT2D eigenvalue weighted by Crippen LogP contribution is -2.28. The fraction of sp³-hybridized carbons (Fsp3) is 0.174. The smallest absolute Gasteiger partial charge is 0.253 e. The second-order valence-electron chi connectivity index (χ2n) is 7.14. The predicted molar refractivity (Wildman–Crippen MR) is 123 cm³/mol. The molecule has 6 nitrogen and oxygen atoms in total. The highest BCUT2D eigenvalue weighted by Gasteiger charge is 2.35. The van der Waals surface area contributed by atoms with E-state index in [4.69, 9.17) is 4.42 Å². The third-order valence-corrected chi connectivity index (χ3v) is 7.13. The van der Waals surface area contributed by atoms with Crippen LogP contribution in [0.5, 0.6) is 0 Å². The lowest BCUT2D eigenvalue weighted by atomic mass is 10.1. The molecule has 4 heterocycles. The molecule has 1 aliphatic heterocycles. The van der Waals surface area contributed by atoms with Crippen molar-refractivity contribution in [2.45, 2.75) is 17.6 Å². The van der Waals surface area contributed by atoms with Crippen LogP contribution in [0, 0.1) is 0 Å². The van der Waals surface area contributed by atoms with Gasteiger partial charge in [-0.25, -0.2) is 9.99 Å². The Morgan fingerprint density at radius 1 is 1.19 bits per heavy atom. The summed E-state index contributed by atoms with van der Waals surface area (Å²) >= 11 is 3.05. The first kappa shape index (κ1) is 19.8. The summed E-state index contributed by atoms with van der Waals surface area (Å²) in [5.74, 6) is 0.927. The second kappa shape index (κ2) is 8.56. The number of rotatable bonds is 6. The first-order chi connectivity index (χ1) is 15.2. The van der Waals surface area contributed by atoms with Gasteiger partial charge in [-0.3, -0.25) is 4.79 Å². The van der Waals surface area contributed by atoms with E-state index in [1.807, 2.05) is 65.7 Å². The molecule has 0 radical (unpaired) electrons. The van der Waals surface area contributed by atoms with E-state index in [-0.39, 0.29) is 17.7 Å². The first-order valence-electron chi connectivity index (χ1n) is 9.87. The number of nitrogens with zero attached hydrogens (tertiary/aromatic N) is 4. The van der Waals surface area contributed by atoms with Crippen molar-refractivity contribution >= 4 is 34.7 Å². The summed E-state index contributed by atoms with van der Waals surface area (Å²) in [5, 5.41) is 9.05. The molecule has 1 aliphatic rings. The lowest BCUT2D eigenvalue weighted by molar-refractivity contribution is -0.130. The minimum atomic E-state index is -0.221. The number of benzene rings is 1. The van der Waals surface area contributed by atoms with Crippen molar-refractivity contribution in [3.05, 3.63) is 83.1 Å². The van der Waals surface area contributed by atoms with Crippen LogP contribution in [0.25, 0.3) is 11.3 Å². The van der Waals surface area contributed by atoms with Crippen LogP contribution in [0.3, 0.4) is 0 Å². The van der Waals surface area contributed by atoms with Gasteiger partial charge in [-0.1, -0.05) is 48.2 Å². The number of carbonyl (C=O) groups excluding carboxylic acids is 1. The second-order valence-corrected chi connectivity index (χ2v) is 9.03. The van der Waals surface area contributed by atoms with Crippen LogP contribution in [-0.4, -0.2) is 31.9 Å². The molecule has 31 heavy (non-hydrogen) atoms. The van der Waals surface area contributed by atoms with Crippen LogP contribution in [0.15, 0.2) is 87.1 Å². The zero-order valence-corrected chi connectivity index (χ0v) is 18.5. The van der Waals surface area contributed by atoms with Gasteiger partial charge in [0.05, 0.1) is 34.5 Å². The topological polar surface area (TPSA) is 63.6 Å². The number of aromatic nitrogens is 2. The number of hydrazone groups is 1. The van der Waals surface area contributed by atoms with Crippen LogP contribution >= 0.6 is 23.1 Å². The van der Waals surface area contributed by atoms with E-state index in [2.05, 4.69) is 22.2 Å². The average molecular weight is 449 g/mol. The van der Waals surface area contributed by atoms with Gasteiger partial charge in [-0.2, -0.15) is 5.10 Å². The van der Waals surface area contributed by atoms with Crippen molar-refractivity contribution in [2.24, 2.45) is 12.1 Å². The maximum absolute atomic E-state index is 13.2. The Hall–Kier alpha value is -3.10. The quantitative estimate of drug-likeness (QED) is 0.380. The minimum absolute atomic E-state index is 0.0674. The zero-order chi connectivity index (χ0) is 21.2. The Morgan fingerprint density at radius 3 is 2.81 bits per heavy atom. The molecule has 1 atom stereocenters. The number of hydrogen-bond acceptors (Lipinski definition) is 6. The van der Waals surface area contributed by atoms with Crippen molar-refractivity contribution in [1.82, 2.24) is 14.6 Å². The summed E-state index contributed by atoms with van der Waals surface area (Å²) in [5.41, 5.74) is 3.03. The molecule has 3 aromatic heterocycles.